The van der Waals surface area contributed by atoms with Crippen molar-refractivity contribution < 1.29 is 32.5 Å². The van der Waals surface area contributed by atoms with E-state index < -0.39 is 22.2 Å². The van der Waals surface area contributed by atoms with Crippen molar-refractivity contribution in [2.75, 3.05) is 25.0 Å². The summed E-state index contributed by atoms with van der Waals surface area (Å²) in [5, 5.41) is 14.4. The molecule has 4 bridgehead atoms. The Morgan fingerprint density at radius 1 is 1.00 bits per heavy atom. The number of sulfonamides is 1. The molecule has 0 unspecified atom stereocenters. The van der Waals surface area contributed by atoms with Crippen molar-refractivity contribution in [3.8, 4) is 22.6 Å². The van der Waals surface area contributed by atoms with Crippen LogP contribution in [0, 0.1) is 0 Å². The van der Waals surface area contributed by atoms with Gasteiger partial charge in [0.1, 0.15) is 24.7 Å². The molecule has 1 aliphatic rings. The van der Waals surface area contributed by atoms with E-state index >= 15 is 0 Å². The van der Waals surface area contributed by atoms with Gasteiger partial charge >= 0.3 is 5.97 Å². The number of anilines is 1. The maximum absolute atomic E-state index is 13.0. The van der Waals surface area contributed by atoms with Crippen LogP contribution in [-0.4, -0.2) is 45.8 Å². The van der Waals surface area contributed by atoms with Crippen LogP contribution in [0.1, 0.15) is 34.5 Å². The lowest BCUT2D eigenvalue weighted by Gasteiger charge is -2.24. The van der Waals surface area contributed by atoms with Gasteiger partial charge in [-0.05, 0) is 66.1 Å². The van der Waals surface area contributed by atoms with Crippen LogP contribution in [-0.2, 0) is 21.4 Å². The number of methoxy groups -OCH3 is 1. The van der Waals surface area contributed by atoms with Crippen molar-refractivity contribution in [3.63, 3.8) is 0 Å². The Labute approximate surface area is 245 Å². The number of fused-ring (bicyclic) bond motifs is 4. The number of hydrogen-bond donors (Lipinski definition) is 3. The Morgan fingerprint density at radius 3 is 2.43 bits per heavy atom. The fourth-order valence-corrected chi connectivity index (χ4v) is 5.79. The first-order valence-electron chi connectivity index (χ1n) is 13.4. The minimum atomic E-state index is -3.86. The van der Waals surface area contributed by atoms with Gasteiger partial charge in [0, 0.05) is 24.2 Å². The number of nitrogens with one attached hydrogen (secondary N) is 2. The Hall–Kier alpha value is -4.38. The van der Waals surface area contributed by atoms with Gasteiger partial charge in [-0.15, -0.1) is 0 Å². The molecule has 10 heteroatoms. The summed E-state index contributed by atoms with van der Waals surface area (Å²) in [5.41, 5.74) is 3.87. The average molecular weight is 589 g/mol. The highest BCUT2D eigenvalue weighted by Gasteiger charge is 2.24. The van der Waals surface area contributed by atoms with E-state index in [0.717, 1.165) is 16.7 Å². The molecule has 0 amide bonds. The molecule has 0 spiro atoms. The van der Waals surface area contributed by atoms with Gasteiger partial charge in [0.25, 0.3) is 10.0 Å². The lowest BCUT2D eigenvalue weighted by atomic mass is 10.0. The van der Waals surface area contributed by atoms with E-state index in [1.807, 2.05) is 43.3 Å². The molecule has 5 rings (SSSR count). The van der Waals surface area contributed by atoms with Crippen molar-refractivity contribution >= 4 is 21.7 Å². The molecule has 0 aliphatic carbocycles. The molecule has 42 heavy (non-hydrogen) atoms. The molecule has 1 aliphatic heterocycles. The van der Waals surface area contributed by atoms with Crippen LogP contribution < -0.4 is 19.5 Å². The van der Waals surface area contributed by atoms with Crippen LogP contribution in [0.15, 0.2) is 95.9 Å². The fraction of sp³-hybridized carbons (Fsp3) is 0.219. The number of carbonyl (C=O) groups excluding carboxylic acids is 1. The van der Waals surface area contributed by atoms with Crippen LogP contribution in [0.3, 0.4) is 0 Å². The summed E-state index contributed by atoms with van der Waals surface area (Å²) in [6.07, 6.45) is -1.00. The minimum Gasteiger partial charge on any atom is -0.492 e. The van der Waals surface area contributed by atoms with E-state index in [9.17, 15) is 18.3 Å². The second-order valence-electron chi connectivity index (χ2n) is 9.92. The smallest absolute Gasteiger partial charge is 0.337 e. The van der Waals surface area contributed by atoms with Crippen LogP contribution in [0.5, 0.6) is 11.5 Å². The molecule has 9 nitrogen and oxygen atoms in total. The normalized spacial score (nSPS) is 14.9. The van der Waals surface area contributed by atoms with Gasteiger partial charge in [0.05, 0.1) is 29.4 Å². The first-order valence-corrected chi connectivity index (χ1v) is 14.9. The first kappa shape index (κ1) is 29.1. The third-order valence-electron chi connectivity index (χ3n) is 7.01. The van der Waals surface area contributed by atoms with E-state index in [-0.39, 0.29) is 23.2 Å². The monoisotopic (exact) mass is 588 g/mol. The topological polar surface area (TPSA) is 123 Å². The summed E-state index contributed by atoms with van der Waals surface area (Å²) >= 11 is 0. The molecule has 3 N–H and O–H groups in total. The molecule has 0 saturated heterocycles. The largest absolute Gasteiger partial charge is 0.492 e. The number of aliphatic hydroxyl groups is 1. The van der Waals surface area contributed by atoms with Gasteiger partial charge in [-0.2, -0.15) is 0 Å². The van der Waals surface area contributed by atoms with E-state index in [2.05, 4.69) is 10.0 Å². The number of hydrogen-bond acceptors (Lipinski definition) is 8. The average Bonchev–Trinajstić information content (AvgIpc) is 3.01. The third-order valence-corrected chi connectivity index (χ3v) is 8.37. The Balaban J connectivity index is 1.17. The van der Waals surface area contributed by atoms with Crippen LogP contribution in [0.2, 0.25) is 0 Å². The number of ether oxygens (including phenoxy) is 3. The summed E-state index contributed by atoms with van der Waals surface area (Å²) in [6.45, 7) is 2.85. The predicted molar refractivity (Wildman–Crippen MR) is 159 cm³/mol. The Morgan fingerprint density at radius 2 is 1.71 bits per heavy atom. The van der Waals surface area contributed by atoms with Crippen molar-refractivity contribution in [1.82, 2.24) is 5.32 Å². The van der Waals surface area contributed by atoms with Crippen LogP contribution >= 0.6 is 0 Å². The molecule has 0 fully saturated rings. The fourth-order valence-electron chi connectivity index (χ4n) is 4.64. The zero-order chi connectivity index (χ0) is 29.7. The summed E-state index contributed by atoms with van der Waals surface area (Å²) in [6, 6.07) is 25.9. The third kappa shape index (κ3) is 6.73. The van der Waals surface area contributed by atoms with Crippen LogP contribution in [0.25, 0.3) is 11.1 Å². The summed E-state index contributed by atoms with van der Waals surface area (Å²) in [4.78, 5) is 11.8. The highest BCUT2D eigenvalue weighted by molar-refractivity contribution is 7.92. The van der Waals surface area contributed by atoms with E-state index in [1.165, 1.54) is 13.2 Å². The van der Waals surface area contributed by atoms with Crippen LogP contribution in [0.4, 0.5) is 5.69 Å². The summed E-state index contributed by atoms with van der Waals surface area (Å²) < 4.78 is 45.1. The molecule has 0 radical (unpaired) electrons. The molecule has 1 heterocycles. The maximum Gasteiger partial charge on any atom is 0.337 e. The standard InChI is InChI=1S/C32H32N2O7S/c1-21(33-16-17-40-26-12-10-24(11-13-26)23-6-8-25(9-7-23)32(36)39-2)31(35)29-15-14-27-19-30(29)34-42(37,38)28-5-3-4-22(18-28)20-41-27/h3-15,18-19,21,31,33-35H,16-17,20H2,1-2H3/t21-,31-/m0/s1. The number of rotatable bonds is 9. The SMILES string of the molecule is COC(=O)c1ccc(-c2ccc(OCCN[C@@H](C)[C@H](O)c3ccc4cc3NS(=O)(=O)c3cccc(c3)CO4)cc2)cc1. The Bertz CT molecular complexity index is 1660. The van der Waals surface area contributed by atoms with Gasteiger partial charge in [-0.25, -0.2) is 13.2 Å². The minimum absolute atomic E-state index is 0.129. The lowest BCUT2D eigenvalue weighted by Crippen LogP contribution is -2.35. The van der Waals surface area contributed by atoms with Crippen molar-refractivity contribution in [1.29, 1.82) is 0 Å². The van der Waals surface area contributed by atoms with Gasteiger partial charge in [-0.1, -0.05) is 42.5 Å². The van der Waals surface area contributed by atoms with Gasteiger partial charge in [0.15, 0.2) is 0 Å². The van der Waals surface area contributed by atoms with E-state index in [4.69, 9.17) is 14.2 Å². The summed E-state index contributed by atoms with van der Waals surface area (Å²) in [7, 11) is -2.50. The molecular formula is C32H32N2O7S. The molecular weight excluding hydrogens is 556 g/mol. The maximum atomic E-state index is 13.0. The van der Waals surface area contributed by atoms with E-state index in [0.29, 0.717) is 35.8 Å². The van der Waals surface area contributed by atoms with Crippen molar-refractivity contribution in [3.05, 3.63) is 108 Å². The molecule has 218 valence electrons. The van der Waals surface area contributed by atoms with Gasteiger partial charge in [-0.3, -0.25) is 4.72 Å². The second-order valence-corrected chi connectivity index (χ2v) is 11.6. The van der Waals surface area contributed by atoms with Gasteiger partial charge < -0.3 is 24.6 Å². The predicted octanol–water partition coefficient (Wildman–Crippen LogP) is 4.92. The number of benzene rings is 4. The Kier molecular flexibility index (Phi) is 8.77. The molecule has 4 aromatic rings. The number of esters is 1. The first-order chi connectivity index (χ1) is 20.2. The molecule has 2 atom stereocenters. The quantitative estimate of drug-likeness (QED) is 0.186. The lowest BCUT2D eigenvalue weighted by molar-refractivity contribution is 0.0600. The zero-order valence-corrected chi connectivity index (χ0v) is 24.1. The molecule has 0 saturated carbocycles. The molecule has 0 aromatic heterocycles. The highest BCUT2D eigenvalue weighted by Crippen LogP contribution is 2.32. The zero-order valence-electron chi connectivity index (χ0n) is 23.2. The second kappa shape index (κ2) is 12.6. The number of carbonyl (C=O) groups is 1. The van der Waals surface area contributed by atoms with Crippen molar-refractivity contribution in [2.45, 2.75) is 30.6 Å². The van der Waals surface area contributed by atoms with Gasteiger partial charge in [0.2, 0.25) is 0 Å². The van der Waals surface area contributed by atoms with E-state index in [1.54, 1.807) is 48.5 Å². The highest BCUT2D eigenvalue weighted by atomic mass is 32.2. The van der Waals surface area contributed by atoms with Crippen molar-refractivity contribution in [2.24, 2.45) is 0 Å². The summed E-state index contributed by atoms with van der Waals surface area (Å²) in [5.74, 6) is 0.812. The molecule has 4 aromatic carbocycles. The number of aliphatic hydroxyl groups excluding tert-OH is 1.